The van der Waals surface area contributed by atoms with Crippen molar-refractivity contribution in [1.82, 2.24) is 10.2 Å². The molecule has 6 heteroatoms. The summed E-state index contributed by atoms with van der Waals surface area (Å²) in [5, 5.41) is 30.9. The van der Waals surface area contributed by atoms with Crippen LogP contribution in [0.1, 0.15) is 23.2 Å². The van der Waals surface area contributed by atoms with E-state index in [0.717, 1.165) is 19.2 Å². The van der Waals surface area contributed by atoms with Crippen molar-refractivity contribution < 1.29 is 15.0 Å². The molecule has 0 radical (unpaired) electrons. The SMILES string of the molecule is CN1CCC(C#N)(NC(=O)c2cc(O)cc(O)c2)CC1. The highest BCUT2D eigenvalue weighted by Gasteiger charge is 2.35. The van der Waals surface area contributed by atoms with E-state index in [0.29, 0.717) is 12.8 Å². The molecule has 0 spiro atoms. The molecule has 20 heavy (non-hydrogen) atoms. The summed E-state index contributed by atoms with van der Waals surface area (Å²) in [4.78, 5) is 14.3. The molecule has 0 aliphatic carbocycles. The number of nitrogens with one attached hydrogen (secondary N) is 1. The van der Waals surface area contributed by atoms with Gasteiger partial charge in [-0.05, 0) is 32.0 Å². The first-order valence-corrected chi connectivity index (χ1v) is 6.39. The molecule has 0 unspecified atom stereocenters. The molecule has 6 nitrogen and oxygen atoms in total. The average Bonchev–Trinajstić information content (AvgIpc) is 2.40. The van der Waals surface area contributed by atoms with Crippen LogP contribution in [-0.2, 0) is 0 Å². The lowest BCUT2D eigenvalue weighted by Gasteiger charge is -2.36. The Kier molecular flexibility index (Phi) is 3.81. The summed E-state index contributed by atoms with van der Waals surface area (Å²) in [5.41, 5.74) is -0.749. The molecule has 1 saturated heterocycles. The molecular weight excluding hydrogens is 258 g/mol. The van der Waals surface area contributed by atoms with E-state index in [1.165, 1.54) is 12.1 Å². The van der Waals surface area contributed by atoms with Gasteiger partial charge in [-0.15, -0.1) is 0 Å². The number of benzene rings is 1. The molecule has 106 valence electrons. The maximum Gasteiger partial charge on any atom is 0.252 e. The lowest BCUT2D eigenvalue weighted by molar-refractivity contribution is 0.0881. The second-order valence-corrected chi connectivity index (χ2v) is 5.19. The van der Waals surface area contributed by atoms with Crippen LogP contribution in [0.4, 0.5) is 0 Å². The van der Waals surface area contributed by atoms with Crippen LogP contribution < -0.4 is 5.32 Å². The predicted octanol–water partition coefficient (Wildman–Crippen LogP) is 0.816. The number of piperidine rings is 1. The molecule has 1 aliphatic heterocycles. The van der Waals surface area contributed by atoms with E-state index in [2.05, 4.69) is 16.3 Å². The highest BCUT2D eigenvalue weighted by molar-refractivity contribution is 5.95. The molecule has 1 aliphatic rings. The first kappa shape index (κ1) is 14.2. The van der Waals surface area contributed by atoms with Gasteiger partial charge in [0.1, 0.15) is 17.0 Å². The Balaban J connectivity index is 2.16. The molecule has 1 aromatic carbocycles. The van der Waals surface area contributed by atoms with Gasteiger partial charge in [0.05, 0.1) is 6.07 Å². The number of hydrogen-bond donors (Lipinski definition) is 3. The van der Waals surface area contributed by atoms with E-state index in [1.54, 1.807) is 0 Å². The number of carbonyl (C=O) groups excluding carboxylic acids is 1. The molecule has 1 amide bonds. The first-order chi connectivity index (χ1) is 9.44. The second-order valence-electron chi connectivity index (χ2n) is 5.19. The lowest BCUT2D eigenvalue weighted by Crippen LogP contribution is -2.53. The number of nitrogens with zero attached hydrogens (tertiary/aromatic N) is 2. The van der Waals surface area contributed by atoms with Crippen LogP contribution in [0.3, 0.4) is 0 Å². The number of phenolic OH excluding ortho intramolecular Hbond substituents is 2. The van der Waals surface area contributed by atoms with E-state index in [1.807, 2.05) is 7.05 Å². The van der Waals surface area contributed by atoms with Crippen LogP contribution in [0.15, 0.2) is 18.2 Å². The topological polar surface area (TPSA) is 96.6 Å². The van der Waals surface area contributed by atoms with Crippen LogP contribution in [0.25, 0.3) is 0 Å². The Hall–Kier alpha value is -2.26. The number of nitriles is 1. The number of carbonyl (C=O) groups is 1. The van der Waals surface area contributed by atoms with Gasteiger partial charge in [0.2, 0.25) is 0 Å². The summed E-state index contributed by atoms with van der Waals surface area (Å²) in [6.45, 7) is 1.47. The number of likely N-dealkylation sites (tertiary alicyclic amines) is 1. The third-order valence-corrected chi connectivity index (χ3v) is 3.57. The van der Waals surface area contributed by atoms with Gasteiger partial charge in [-0.2, -0.15) is 5.26 Å². The molecule has 0 bridgehead atoms. The van der Waals surface area contributed by atoms with E-state index in [4.69, 9.17) is 0 Å². The van der Waals surface area contributed by atoms with Gasteiger partial charge < -0.3 is 20.4 Å². The Labute approximate surface area is 117 Å². The van der Waals surface area contributed by atoms with Gasteiger partial charge in [0.25, 0.3) is 5.91 Å². The summed E-state index contributed by atoms with van der Waals surface area (Å²) in [5.74, 6) is -0.851. The smallest absolute Gasteiger partial charge is 0.252 e. The molecule has 1 heterocycles. The number of amides is 1. The molecule has 1 fully saturated rings. The predicted molar refractivity (Wildman–Crippen MR) is 72.3 cm³/mol. The minimum absolute atomic E-state index is 0.135. The lowest BCUT2D eigenvalue weighted by atomic mass is 9.89. The highest BCUT2D eigenvalue weighted by atomic mass is 16.3. The fourth-order valence-corrected chi connectivity index (χ4v) is 2.28. The number of hydrogen-bond acceptors (Lipinski definition) is 5. The van der Waals surface area contributed by atoms with Gasteiger partial charge >= 0.3 is 0 Å². The molecule has 3 N–H and O–H groups in total. The minimum Gasteiger partial charge on any atom is -0.508 e. The fourth-order valence-electron chi connectivity index (χ4n) is 2.28. The number of phenols is 2. The summed E-state index contributed by atoms with van der Waals surface area (Å²) in [6, 6.07) is 5.85. The summed E-state index contributed by atoms with van der Waals surface area (Å²) in [6.07, 6.45) is 1.10. The minimum atomic E-state index is -0.884. The van der Waals surface area contributed by atoms with Crippen LogP contribution in [0.2, 0.25) is 0 Å². The van der Waals surface area contributed by atoms with Gasteiger partial charge in [-0.1, -0.05) is 0 Å². The monoisotopic (exact) mass is 275 g/mol. The summed E-state index contributed by atoms with van der Waals surface area (Å²) >= 11 is 0. The largest absolute Gasteiger partial charge is 0.508 e. The van der Waals surface area contributed by atoms with Gasteiger partial charge in [-0.25, -0.2) is 0 Å². The van der Waals surface area contributed by atoms with Crippen molar-refractivity contribution in [3.63, 3.8) is 0 Å². The van der Waals surface area contributed by atoms with Crippen LogP contribution in [0, 0.1) is 11.3 Å². The molecule has 1 aromatic rings. The van der Waals surface area contributed by atoms with Gasteiger partial charge in [0.15, 0.2) is 0 Å². The quantitative estimate of drug-likeness (QED) is 0.742. The molecule has 2 rings (SSSR count). The fraction of sp³-hybridized carbons (Fsp3) is 0.429. The van der Waals surface area contributed by atoms with Crippen molar-refractivity contribution in [1.29, 1.82) is 5.26 Å². The highest BCUT2D eigenvalue weighted by Crippen LogP contribution is 2.24. The van der Waals surface area contributed by atoms with Crippen molar-refractivity contribution in [2.45, 2.75) is 18.4 Å². The van der Waals surface area contributed by atoms with E-state index < -0.39 is 11.4 Å². The third kappa shape index (κ3) is 3.00. The standard InChI is InChI=1S/C14H17N3O3/c1-17-4-2-14(9-15,3-5-17)16-13(20)10-6-11(18)8-12(19)7-10/h6-8,18-19H,2-5H2,1H3,(H,16,20). The van der Waals surface area contributed by atoms with Gasteiger partial charge in [0, 0.05) is 24.7 Å². The Morgan fingerprint density at radius 1 is 1.30 bits per heavy atom. The zero-order chi connectivity index (χ0) is 14.8. The molecule has 0 saturated carbocycles. The average molecular weight is 275 g/mol. The van der Waals surface area contributed by atoms with E-state index >= 15 is 0 Å². The van der Waals surface area contributed by atoms with Crippen LogP contribution in [-0.4, -0.2) is 46.7 Å². The molecule has 0 aromatic heterocycles. The zero-order valence-electron chi connectivity index (χ0n) is 11.3. The zero-order valence-corrected chi connectivity index (χ0v) is 11.3. The van der Waals surface area contributed by atoms with Crippen LogP contribution >= 0.6 is 0 Å². The Morgan fingerprint density at radius 2 is 1.85 bits per heavy atom. The van der Waals surface area contributed by atoms with Crippen LogP contribution in [0.5, 0.6) is 11.5 Å². The molecule has 0 atom stereocenters. The van der Waals surface area contributed by atoms with Crippen molar-refractivity contribution in [3.8, 4) is 17.6 Å². The van der Waals surface area contributed by atoms with Crippen molar-refractivity contribution in [2.24, 2.45) is 0 Å². The summed E-state index contributed by atoms with van der Waals surface area (Å²) < 4.78 is 0. The number of rotatable bonds is 2. The maximum atomic E-state index is 12.2. The van der Waals surface area contributed by atoms with E-state index in [9.17, 15) is 20.3 Å². The first-order valence-electron chi connectivity index (χ1n) is 6.39. The maximum absolute atomic E-state index is 12.2. The Bertz CT molecular complexity index is 537. The summed E-state index contributed by atoms with van der Waals surface area (Å²) in [7, 11) is 1.97. The van der Waals surface area contributed by atoms with Crippen molar-refractivity contribution in [2.75, 3.05) is 20.1 Å². The normalized spacial score (nSPS) is 18.2. The number of aromatic hydroxyl groups is 2. The second kappa shape index (κ2) is 5.39. The van der Waals surface area contributed by atoms with Crippen molar-refractivity contribution >= 4 is 5.91 Å². The van der Waals surface area contributed by atoms with Gasteiger partial charge in [-0.3, -0.25) is 4.79 Å². The third-order valence-electron chi connectivity index (χ3n) is 3.57. The Morgan fingerprint density at radius 3 is 2.35 bits per heavy atom. The van der Waals surface area contributed by atoms with Crippen molar-refractivity contribution in [3.05, 3.63) is 23.8 Å². The molecular formula is C14H17N3O3. The van der Waals surface area contributed by atoms with E-state index in [-0.39, 0.29) is 17.1 Å².